The van der Waals surface area contributed by atoms with Gasteiger partial charge in [0.15, 0.2) is 0 Å². The molecule has 1 heterocycles. The molecule has 0 spiro atoms. The van der Waals surface area contributed by atoms with Gasteiger partial charge in [0.25, 0.3) is 0 Å². The zero-order valence-electron chi connectivity index (χ0n) is 14.0. The van der Waals surface area contributed by atoms with E-state index in [-0.39, 0.29) is 18.5 Å². The highest BCUT2D eigenvalue weighted by Crippen LogP contribution is 2.20. The number of fused-ring (bicyclic) bond motifs is 1. The number of nitrogens with one attached hydrogen (secondary N) is 2. The summed E-state index contributed by atoms with van der Waals surface area (Å²) in [4.78, 5) is 16.8. The number of para-hydroxylation sites is 3. The third kappa shape index (κ3) is 3.46. The van der Waals surface area contributed by atoms with Crippen LogP contribution in [0.25, 0.3) is 11.0 Å². The lowest BCUT2D eigenvalue weighted by Crippen LogP contribution is -2.31. The Balaban J connectivity index is 1.67. The van der Waals surface area contributed by atoms with E-state index in [0.717, 1.165) is 29.1 Å². The standard InChI is InChI=1S/C19H22N4O/c1-3-23-17-12-8-7-11-16(17)22-19(23)14(2)20-13-18(24)21-15-9-5-4-6-10-15/h4-12,14,20H,3,13H2,1-2H3,(H,21,24). The first-order chi connectivity index (χ1) is 11.7. The Morgan fingerprint density at radius 2 is 1.83 bits per heavy atom. The minimum Gasteiger partial charge on any atom is -0.327 e. The van der Waals surface area contributed by atoms with Gasteiger partial charge in [0.1, 0.15) is 5.82 Å². The summed E-state index contributed by atoms with van der Waals surface area (Å²) in [5, 5.41) is 6.13. The zero-order chi connectivity index (χ0) is 16.9. The Kier molecular flexibility index (Phi) is 4.91. The molecule has 3 rings (SSSR count). The second-order valence-corrected chi connectivity index (χ2v) is 5.72. The molecule has 1 atom stereocenters. The molecule has 3 aromatic rings. The maximum absolute atomic E-state index is 12.1. The van der Waals surface area contributed by atoms with E-state index in [9.17, 15) is 4.79 Å². The van der Waals surface area contributed by atoms with Crippen LogP contribution in [0, 0.1) is 0 Å². The Hall–Kier alpha value is -2.66. The van der Waals surface area contributed by atoms with E-state index in [1.165, 1.54) is 0 Å². The van der Waals surface area contributed by atoms with Gasteiger partial charge in [-0.25, -0.2) is 4.98 Å². The molecular weight excluding hydrogens is 300 g/mol. The number of imidazole rings is 1. The van der Waals surface area contributed by atoms with E-state index in [1.54, 1.807) is 0 Å². The average molecular weight is 322 g/mol. The zero-order valence-corrected chi connectivity index (χ0v) is 14.0. The van der Waals surface area contributed by atoms with E-state index in [1.807, 2.05) is 55.5 Å². The molecule has 124 valence electrons. The van der Waals surface area contributed by atoms with E-state index in [0.29, 0.717) is 0 Å². The number of aryl methyl sites for hydroxylation is 1. The van der Waals surface area contributed by atoms with Crippen LogP contribution in [-0.2, 0) is 11.3 Å². The molecule has 0 saturated heterocycles. The summed E-state index contributed by atoms with van der Waals surface area (Å²) < 4.78 is 2.18. The summed E-state index contributed by atoms with van der Waals surface area (Å²) in [7, 11) is 0. The second-order valence-electron chi connectivity index (χ2n) is 5.72. The maximum Gasteiger partial charge on any atom is 0.238 e. The highest BCUT2D eigenvalue weighted by Gasteiger charge is 2.16. The lowest BCUT2D eigenvalue weighted by atomic mass is 10.3. The normalized spacial score (nSPS) is 12.2. The molecule has 2 N–H and O–H groups in total. The SMILES string of the molecule is CCn1c(C(C)NCC(=O)Nc2ccccc2)nc2ccccc21. The molecule has 5 nitrogen and oxygen atoms in total. The van der Waals surface area contributed by atoms with Crippen LogP contribution in [0.1, 0.15) is 25.7 Å². The molecule has 0 aliphatic heterocycles. The van der Waals surface area contributed by atoms with Crippen LogP contribution in [0.3, 0.4) is 0 Å². The Labute approximate surface area is 141 Å². The minimum atomic E-state index is -0.0628. The predicted molar refractivity (Wildman–Crippen MR) is 96.9 cm³/mol. The van der Waals surface area contributed by atoms with Crippen molar-refractivity contribution in [2.45, 2.75) is 26.4 Å². The van der Waals surface area contributed by atoms with Gasteiger partial charge in [0.05, 0.1) is 23.6 Å². The van der Waals surface area contributed by atoms with Crippen LogP contribution >= 0.6 is 0 Å². The van der Waals surface area contributed by atoms with Gasteiger partial charge in [-0.05, 0) is 38.1 Å². The molecule has 0 saturated carbocycles. The van der Waals surface area contributed by atoms with Crippen molar-refractivity contribution in [3.63, 3.8) is 0 Å². The number of amides is 1. The molecule has 5 heteroatoms. The van der Waals surface area contributed by atoms with E-state index < -0.39 is 0 Å². The summed E-state index contributed by atoms with van der Waals surface area (Å²) in [6, 6.07) is 17.5. The van der Waals surface area contributed by atoms with Crippen molar-refractivity contribution in [2.24, 2.45) is 0 Å². The fraction of sp³-hybridized carbons (Fsp3) is 0.263. The topological polar surface area (TPSA) is 59.0 Å². The molecular formula is C19H22N4O. The quantitative estimate of drug-likeness (QED) is 0.732. The molecule has 0 aliphatic carbocycles. The third-order valence-electron chi connectivity index (χ3n) is 4.01. The lowest BCUT2D eigenvalue weighted by molar-refractivity contribution is -0.115. The van der Waals surface area contributed by atoms with Crippen molar-refractivity contribution in [3.05, 3.63) is 60.4 Å². The molecule has 1 amide bonds. The average Bonchev–Trinajstić information content (AvgIpc) is 2.99. The minimum absolute atomic E-state index is 0.0149. The Morgan fingerprint density at radius 3 is 2.58 bits per heavy atom. The van der Waals surface area contributed by atoms with Crippen molar-refractivity contribution >= 4 is 22.6 Å². The first kappa shape index (κ1) is 16.2. The number of aromatic nitrogens is 2. The van der Waals surface area contributed by atoms with Crippen LogP contribution in [0.2, 0.25) is 0 Å². The van der Waals surface area contributed by atoms with Crippen LogP contribution in [0.4, 0.5) is 5.69 Å². The van der Waals surface area contributed by atoms with E-state index in [2.05, 4.69) is 28.2 Å². The molecule has 0 fully saturated rings. The number of carbonyl (C=O) groups excluding carboxylic acids is 1. The van der Waals surface area contributed by atoms with Crippen molar-refractivity contribution in [1.82, 2.24) is 14.9 Å². The van der Waals surface area contributed by atoms with Gasteiger partial charge >= 0.3 is 0 Å². The highest BCUT2D eigenvalue weighted by atomic mass is 16.1. The molecule has 0 bridgehead atoms. The maximum atomic E-state index is 12.1. The van der Waals surface area contributed by atoms with Crippen molar-refractivity contribution in [1.29, 1.82) is 0 Å². The number of carbonyl (C=O) groups is 1. The lowest BCUT2D eigenvalue weighted by Gasteiger charge is -2.15. The number of nitrogens with zero attached hydrogens (tertiary/aromatic N) is 2. The van der Waals surface area contributed by atoms with E-state index >= 15 is 0 Å². The fourth-order valence-electron chi connectivity index (χ4n) is 2.82. The van der Waals surface area contributed by atoms with Gasteiger partial charge in [-0.3, -0.25) is 10.1 Å². The first-order valence-electron chi connectivity index (χ1n) is 8.22. The van der Waals surface area contributed by atoms with Gasteiger partial charge in [-0.2, -0.15) is 0 Å². The molecule has 0 radical (unpaired) electrons. The Morgan fingerprint density at radius 1 is 1.12 bits per heavy atom. The molecule has 1 aromatic heterocycles. The van der Waals surface area contributed by atoms with Crippen molar-refractivity contribution < 1.29 is 4.79 Å². The predicted octanol–water partition coefficient (Wildman–Crippen LogP) is 3.35. The highest BCUT2D eigenvalue weighted by molar-refractivity contribution is 5.92. The monoisotopic (exact) mass is 322 g/mol. The van der Waals surface area contributed by atoms with Gasteiger partial charge in [-0.15, -0.1) is 0 Å². The third-order valence-corrected chi connectivity index (χ3v) is 4.01. The fourth-order valence-corrected chi connectivity index (χ4v) is 2.82. The summed E-state index contributed by atoms with van der Waals surface area (Å²) in [6.45, 7) is 5.22. The number of hydrogen-bond acceptors (Lipinski definition) is 3. The smallest absolute Gasteiger partial charge is 0.238 e. The number of benzene rings is 2. The van der Waals surface area contributed by atoms with Gasteiger partial charge < -0.3 is 9.88 Å². The molecule has 24 heavy (non-hydrogen) atoms. The number of hydrogen-bond donors (Lipinski definition) is 2. The van der Waals surface area contributed by atoms with E-state index in [4.69, 9.17) is 4.98 Å². The van der Waals surface area contributed by atoms with Crippen LogP contribution in [0.5, 0.6) is 0 Å². The number of anilines is 1. The molecule has 1 unspecified atom stereocenters. The van der Waals surface area contributed by atoms with Crippen molar-refractivity contribution in [3.8, 4) is 0 Å². The van der Waals surface area contributed by atoms with Crippen LogP contribution in [-0.4, -0.2) is 22.0 Å². The largest absolute Gasteiger partial charge is 0.327 e. The summed E-state index contributed by atoms with van der Waals surface area (Å²) in [6.07, 6.45) is 0. The Bertz CT molecular complexity index is 826. The second kappa shape index (κ2) is 7.27. The van der Waals surface area contributed by atoms with Gasteiger partial charge in [0, 0.05) is 12.2 Å². The van der Waals surface area contributed by atoms with Gasteiger partial charge in [-0.1, -0.05) is 30.3 Å². The number of rotatable bonds is 6. The summed E-state index contributed by atoms with van der Waals surface area (Å²) in [5.74, 6) is 0.887. The van der Waals surface area contributed by atoms with Crippen LogP contribution in [0.15, 0.2) is 54.6 Å². The first-order valence-corrected chi connectivity index (χ1v) is 8.22. The van der Waals surface area contributed by atoms with Gasteiger partial charge in [0.2, 0.25) is 5.91 Å². The van der Waals surface area contributed by atoms with Crippen LogP contribution < -0.4 is 10.6 Å². The molecule has 0 aliphatic rings. The summed E-state index contributed by atoms with van der Waals surface area (Å²) in [5.41, 5.74) is 2.91. The molecule has 2 aromatic carbocycles. The van der Waals surface area contributed by atoms with Crippen molar-refractivity contribution in [2.75, 3.05) is 11.9 Å². The summed E-state index contributed by atoms with van der Waals surface area (Å²) >= 11 is 0.